The van der Waals surface area contributed by atoms with Crippen LogP contribution in [0.4, 0.5) is 4.79 Å². The van der Waals surface area contributed by atoms with Gasteiger partial charge in [-0.3, -0.25) is 9.59 Å². The predicted octanol–water partition coefficient (Wildman–Crippen LogP) is 5.59. The van der Waals surface area contributed by atoms with Crippen LogP contribution in [0.3, 0.4) is 0 Å². The monoisotopic (exact) mass is 653 g/mol. The molecule has 246 valence electrons. The third-order valence-electron chi connectivity index (χ3n) is 8.71. The van der Waals surface area contributed by atoms with Crippen molar-refractivity contribution in [3.63, 3.8) is 0 Å². The van der Waals surface area contributed by atoms with E-state index in [1.807, 2.05) is 140 Å². The summed E-state index contributed by atoms with van der Waals surface area (Å²) < 4.78 is 5.48. The molecule has 9 nitrogen and oxygen atoms in total. The molecule has 1 aliphatic carbocycles. The molecule has 0 aliphatic heterocycles. The lowest BCUT2D eigenvalue weighted by Gasteiger charge is -2.37. The number of carboxylic acid groups (broad SMARTS) is 1. The molecule has 5 aromatic carbocycles. The topological polar surface area (TPSA) is 134 Å². The van der Waals surface area contributed by atoms with Gasteiger partial charge in [0.25, 0.3) is 0 Å². The van der Waals surface area contributed by atoms with Gasteiger partial charge >= 0.3 is 12.1 Å². The summed E-state index contributed by atoms with van der Waals surface area (Å²) in [5.41, 5.74) is 5.42. The first-order valence-electron chi connectivity index (χ1n) is 16.0. The Bertz CT molecular complexity index is 1810. The summed E-state index contributed by atoms with van der Waals surface area (Å²) in [6.45, 7) is -0.477. The minimum absolute atomic E-state index is 0.0609. The summed E-state index contributed by atoms with van der Waals surface area (Å²) in [7, 11) is 0. The van der Waals surface area contributed by atoms with Crippen LogP contribution >= 0.6 is 0 Å². The van der Waals surface area contributed by atoms with Gasteiger partial charge in [-0.15, -0.1) is 0 Å². The van der Waals surface area contributed by atoms with Crippen molar-refractivity contribution in [1.82, 2.24) is 16.0 Å². The highest BCUT2D eigenvalue weighted by Gasteiger charge is 2.39. The second-order valence-electron chi connectivity index (χ2n) is 11.7. The molecule has 6 rings (SSSR count). The molecular weight excluding hydrogens is 618 g/mol. The van der Waals surface area contributed by atoms with E-state index in [2.05, 4.69) is 16.0 Å². The van der Waals surface area contributed by atoms with Crippen molar-refractivity contribution >= 4 is 23.9 Å². The number of carbonyl (C=O) groups is 4. The average Bonchev–Trinajstić information content (AvgIpc) is 3.46. The van der Waals surface area contributed by atoms with Gasteiger partial charge in [-0.25, -0.2) is 9.59 Å². The highest BCUT2D eigenvalue weighted by atomic mass is 16.5. The third kappa shape index (κ3) is 7.06. The fourth-order valence-corrected chi connectivity index (χ4v) is 6.47. The van der Waals surface area contributed by atoms with Crippen molar-refractivity contribution in [2.45, 2.75) is 23.9 Å². The van der Waals surface area contributed by atoms with Gasteiger partial charge in [-0.2, -0.15) is 0 Å². The van der Waals surface area contributed by atoms with E-state index >= 15 is 0 Å². The largest absolute Gasteiger partial charge is 0.480 e. The highest BCUT2D eigenvalue weighted by molar-refractivity contribution is 5.91. The van der Waals surface area contributed by atoms with Crippen LogP contribution in [0.1, 0.15) is 40.2 Å². The van der Waals surface area contributed by atoms with E-state index < -0.39 is 48.4 Å². The van der Waals surface area contributed by atoms with Gasteiger partial charge in [0.05, 0.1) is 6.42 Å². The minimum Gasteiger partial charge on any atom is -0.480 e. The van der Waals surface area contributed by atoms with Crippen LogP contribution < -0.4 is 16.0 Å². The lowest BCUT2D eigenvalue weighted by molar-refractivity contribution is -0.143. The number of aliphatic carboxylic acids is 1. The quantitative estimate of drug-likeness (QED) is 0.130. The van der Waals surface area contributed by atoms with E-state index in [0.29, 0.717) is 0 Å². The number of ether oxygens (including phenoxy) is 1. The number of hydrogen-bond acceptors (Lipinski definition) is 5. The van der Waals surface area contributed by atoms with Crippen LogP contribution in [0.5, 0.6) is 0 Å². The normalized spacial score (nSPS) is 12.6. The van der Waals surface area contributed by atoms with Crippen molar-refractivity contribution in [3.05, 3.63) is 167 Å². The van der Waals surface area contributed by atoms with E-state index in [1.165, 1.54) is 0 Å². The molecule has 0 fully saturated rings. The fourth-order valence-electron chi connectivity index (χ4n) is 6.47. The summed E-state index contributed by atoms with van der Waals surface area (Å²) >= 11 is 0. The second-order valence-corrected chi connectivity index (χ2v) is 11.7. The zero-order chi connectivity index (χ0) is 34.2. The maximum atomic E-state index is 13.7. The maximum Gasteiger partial charge on any atom is 0.407 e. The molecule has 0 saturated carbocycles. The Morgan fingerprint density at radius 2 is 1.08 bits per heavy atom. The number of alkyl carbamates (subject to hydrolysis) is 1. The lowest BCUT2D eigenvalue weighted by Crippen LogP contribution is -2.52. The average molecular weight is 654 g/mol. The fraction of sp³-hybridized carbons (Fsp3) is 0.150. The Hall–Kier alpha value is -6.22. The zero-order valence-corrected chi connectivity index (χ0v) is 26.5. The van der Waals surface area contributed by atoms with E-state index in [-0.39, 0.29) is 12.5 Å². The van der Waals surface area contributed by atoms with Crippen LogP contribution in [0.25, 0.3) is 11.1 Å². The van der Waals surface area contributed by atoms with Gasteiger partial charge in [0.2, 0.25) is 11.8 Å². The van der Waals surface area contributed by atoms with E-state index in [4.69, 9.17) is 4.74 Å². The minimum atomic E-state index is -1.56. The van der Waals surface area contributed by atoms with E-state index in [0.717, 1.165) is 38.9 Å². The summed E-state index contributed by atoms with van der Waals surface area (Å²) in [6.07, 6.45) is -1.37. The maximum absolute atomic E-state index is 13.7. The first-order chi connectivity index (χ1) is 23.9. The number of fused-ring (bicyclic) bond motifs is 3. The second kappa shape index (κ2) is 14.7. The van der Waals surface area contributed by atoms with Crippen molar-refractivity contribution in [3.8, 4) is 11.1 Å². The van der Waals surface area contributed by atoms with Gasteiger partial charge < -0.3 is 25.8 Å². The molecule has 0 radical (unpaired) electrons. The molecule has 9 heteroatoms. The Morgan fingerprint density at radius 3 is 1.55 bits per heavy atom. The van der Waals surface area contributed by atoms with Crippen molar-refractivity contribution < 1.29 is 29.0 Å². The number of nitrogens with one attached hydrogen (secondary N) is 3. The summed E-state index contributed by atoms with van der Waals surface area (Å²) in [6, 6.07) is 42.5. The zero-order valence-electron chi connectivity index (χ0n) is 26.5. The number of carboxylic acids is 1. The van der Waals surface area contributed by atoms with Crippen molar-refractivity contribution in [2.24, 2.45) is 0 Å². The molecule has 1 aliphatic rings. The van der Waals surface area contributed by atoms with Gasteiger partial charge in [-0.1, -0.05) is 140 Å². The molecule has 1 atom stereocenters. The van der Waals surface area contributed by atoms with Crippen LogP contribution in [0.2, 0.25) is 0 Å². The number of hydrogen-bond donors (Lipinski definition) is 4. The van der Waals surface area contributed by atoms with Crippen molar-refractivity contribution in [1.29, 1.82) is 0 Å². The Kier molecular flexibility index (Phi) is 9.80. The molecule has 4 N–H and O–H groups in total. The molecular formula is C40H35N3O6. The number of rotatable bonds is 12. The van der Waals surface area contributed by atoms with Crippen LogP contribution in [-0.2, 0) is 24.7 Å². The Labute approximate surface area is 284 Å². The molecule has 0 bridgehead atoms. The smallest absolute Gasteiger partial charge is 0.407 e. The molecule has 0 saturated heterocycles. The van der Waals surface area contributed by atoms with E-state index in [9.17, 15) is 24.3 Å². The lowest BCUT2D eigenvalue weighted by atomic mass is 9.77. The first kappa shape index (κ1) is 32.7. The third-order valence-corrected chi connectivity index (χ3v) is 8.71. The number of carbonyl (C=O) groups excluding carboxylic acids is 3. The van der Waals surface area contributed by atoms with Crippen LogP contribution in [0, 0.1) is 0 Å². The Morgan fingerprint density at radius 1 is 0.633 bits per heavy atom. The Balaban J connectivity index is 1.10. The van der Waals surface area contributed by atoms with E-state index in [1.54, 1.807) is 0 Å². The predicted molar refractivity (Wildman–Crippen MR) is 185 cm³/mol. The van der Waals surface area contributed by atoms with Gasteiger partial charge in [-0.05, 0) is 38.9 Å². The molecule has 0 unspecified atom stereocenters. The standard InChI is InChI=1S/C40H35N3O6/c44-36(43-40(27-14-4-1-5-15-27,28-16-6-2-7-17-28)29-18-8-3-9-19-29)24-35(38(46)47)42-37(45)25-41-39(48)49-26-34-32-22-12-10-20-30(32)31-21-11-13-23-33(31)34/h1-23,34-35H,24-26H2,(H,41,48)(H,42,45)(H,43,44)(H,46,47)/t35-/m0/s1. The van der Waals surface area contributed by atoms with Gasteiger partial charge in [0, 0.05) is 5.92 Å². The van der Waals surface area contributed by atoms with Crippen LogP contribution in [-0.4, -0.2) is 48.2 Å². The summed E-state index contributed by atoms with van der Waals surface area (Å²) in [5.74, 6) is -2.94. The SMILES string of the molecule is O=C(CNC(=O)OCC1c2ccccc2-c2ccccc21)N[C@@H](CC(=O)NC(c1ccccc1)(c1ccccc1)c1ccccc1)C(=O)O. The van der Waals surface area contributed by atoms with Gasteiger partial charge in [0.15, 0.2) is 0 Å². The molecule has 0 heterocycles. The highest BCUT2D eigenvalue weighted by Crippen LogP contribution is 2.44. The summed E-state index contributed by atoms with van der Waals surface area (Å²) in [5, 5.41) is 17.8. The number of benzene rings is 5. The molecule has 0 aromatic heterocycles. The summed E-state index contributed by atoms with van der Waals surface area (Å²) in [4.78, 5) is 51.3. The number of amides is 3. The van der Waals surface area contributed by atoms with Crippen LogP contribution in [0.15, 0.2) is 140 Å². The van der Waals surface area contributed by atoms with Crippen molar-refractivity contribution in [2.75, 3.05) is 13.2 Å². The molecule has 49 heavy (non-hydrogen) atoms. The van der Waals surface area contributed by atoms with Gasteiger partial charge in [0.1, 0.15) is 24.7 Å². The first-order valence-corrected chi connectivity index (χ1v) is 16.0. The molecule has 5 aromatic rings. The molecule has 3 amide bonds. The molecule has 0 spiro atoms.